The average Bonchev–Trinajstić information content (AvgIpc) is 2.88. The highest BCUT2D eigenvalue weighted by Crippen LogP contribution is 2.37. The minimum Gasteiger partial charge on any atom is -0.336 e. The minimum absolute atomic E-state index is 0.0438. The van der Waals surface area contributed by atoms with Crippen molar-refractivity contribution in [1.82, 2.24) is 14.7 Å². The summed E-state index contributed by atoms with van der Waals surface area (Å²) in [6, 6.07) is 19.9. The molecule has 5 nitrogen and oxygen atoms in total. The van der Waals surface area contributed by atoms with Gasteiger partial charge in [-0.3, -0.25) is 14.5 Å². The molecule has 2 heterocycles. The standard InChI is InChI=1S/C28H25ClF3N3O2/c29-25-11-10-22(16-24(25)28(30,31)32)19-6-8-21(9-7-19)27(37)35-17-23(18-35)33-12-14-34(15-13-33)26(36)20-4-2-1-3-5-20/h1-11,16,23H,12-15,17-18H2. The Morgan fingerprint density at radius 1 is 0.730 bits per heavy atom. The van der Waals surface area contributed by atoms with Crippen molar-refractivity contribution in [2.24, 2.45) is 0 Å². The van der Waals surface area contributed by atoms with Crippen molar-refractivity contribution in [3.63, 3.8) is 0 Å². The van der Waals surface area contributed by atoms with Gasteiger partial charge < -0.3 is 9.80 Å². The first-order valence-corrected chi connectivity index (χ1v) is 12.4. The Morgan fingerprint density at radius 3 is 1.92 bits per heavy atom. The van der Waals surface area contributed by atoms with Gasteiger partial charge in [0.15, 0.2) is 0 Å². The maximum atomic E-state index is 13.2. The van der Waals surface area contributed by atoms with E-state index in [9.17, 15) is 22.8 Å². The first-order valence-electron chi connectivity index (χ1n) is 12.1. The molecule has 2 aliphatic rings. The molecule has 0 aromatic heterocycles. The summed E-state index contributed by atoms with van der Waals surface area (Å²) >= 11 is 5.72. The number of likely N-dealkylation sites (tertiary alicyclic amines) is 1. The molecule has 3 aromatic rings. The Labute approximate surface area is 218 Å². The van der Waals surface area contributed by atoms with Crippen LogP contribution in [-0.2, 0) is 6.18 Å². The normalized spacial score (nSPS) is 17.0. The van der Waals surface area contributed by atoms with Gasteiger partial charge in [0.25, 0.3) is 11.8 Å². The van der Waals surface area contributed by atoms with Crippen LogP contribution >= 0.6 is 11.6 Å². The summed E-state index contributed by atoms with van der Waals surface area (Å²) in [5, 5.41) is -0.348. The van der Waals surface area contributed by atoms with Gasteiger partial charge in [0.05, 0.1) is 10.6 Å². The van der Waals surface area contributed by atoms with Crippen LogP contribution in [0.2, 0.25) is 5.02 Å². The summed E-state index contributed by atoms with van der Waals surface area (Å²) in [6.45, 7) is 4.06. The number of carbonyl (C=O) groups excluding carboxylic acids is 2. The van der Waals surface area contributed by atoms with E-state index in [4.69, 9.17) is 11.6 Å². The predicted molar refractivity (Wildman–Crippen MR) is 135 cm³/mol. The number of amides is 2. The molecule has 2 amide bonds. The lowest BCUT2D eigenvalue weighted by Crippen LogP contribution is -2.64. The monoisotopic (exact) mass is 527 g/mol. The van der Waals surface area contributed by atoms with Crippen molar-refractivity contribution in [1.29, 1.82) is 0 Å². The first-order chi connectivity index (χ1) is 17.7. The van der Waals surface area contributed by atoms with Gasteiger partial charge in [-0.25, -0.2) is 0 Å². The van der Waals surface area contributed by atoms with Gasteiger partial charge in [-0.2, -0.15) is 13.2 Å². The van der Waals surface area contributed by atoms with Gasteiger partial charge >= 0.3 is 6.18 Å². The fourth-order valence-electron chi connectivity index (χ4n) is 4.82. The van der Waals surface area contributed by atoms with Crippen LogP contribution in [0.25, 0.3) is 11.1 Å². The highest BCUT2D eigenvalue weighted by atomic mass is 35.5. The maximum absolute atomic E-state index is 13.2. The van der Waals surface area contributed by atoms with Crippen LogP contribution < -0.4 is 0 Å². The molecule has 2 saturated heterocycles. The summed E-state index contributed by atoms with van der Waals surface area (Å²) in [5.41, 5.74) is 1.25. The van der Waals surface area contributed by atoms with Gasteiger partial charge in [-0.05, 0) is 47.5 Å². The van der Waals surface area contributed by atoms with E-state index in [-0.39, 0.29) is 22.9 Å². The van der Waals surface area contributed by atoms with Gasteiger partial charge in [-0.1, -0.05) is 48.0 Å². The molecular weight excluding hydrogens is 503 g/mol. The van der Waals surface area contributed by atoms with Crippen molar-refractivity contribution in [2.45, 2.75) is 12.2 Å². The summed E-state index contributed by atoms with van der Waals surface area (Å²) in [5.74, 6) is -0.0601. The lowest BCUT2D eigenvalue weighted by Gasteiger charge is -2.48. The van der Waals surface area contributed by atoms with E-state index in [1.807, 2.05) is 35.2 Å². The Bertz CT molecular complexity index is 1280. The van der Waals surface area contributed by atoms with Gasteiger partial charge in [0.2, 0.25) is 0 Å². The van der Waals surface area contributed by atoms with Crippen LogP contribution in [0.1, 0.15) is 26.3 Å². The smallest absolute Gasteiger partial charge is 0.336 e. The number of carbonyl (C=O) groups is 2. The Balaban J connectivity index is 1.14. The van der Waals surface area contributed by atoms with Crippen LogP contribution in [0.15, 0.2) is 72.8 Å². The van der Waals surface area contributed by atoms with Crippen molar-refractivity contribution in [2.75, 3.05) is 39.3 Å². The quantitative estimate of drug-likeness (QED) is 0.462. The van der Waals surface area contributed by atoms with Crippen molar-refractivity contribution < 1.29 is 22.8 Å². The van der Waals surface area contributed by atoms with Crippen molar-refractivity contribution in [3.05, 3.63) is 94.5 Å². The molecular formula is C28H25ClF3N3O2. The topological polar surface area (TPSA) is 43.9 Å². The Kier molecular flexibility index (Phi) is 6.96. The molecule has 37 heavy (non-hydrogen) atoms. The number of halogens is 4. The van der Waals surface area contributed by atoms with Crippen molar-refractivity contribution in [3.8, 4) is 11.1 Å². The molecule has 0 spiro atoms. The number of alkyl halides is 3. The minimum atomic E-state index is -4.54. The summed E-state index contributed by atoms with van der Waals surface area (Å²) in [6.07, 6.45) is -4.54. The van der Waals surface area contributed by atoms with E-state index in [2.05, 4.69) is 4.90 Å². The molecule has 0 N–H and O–H groups in total. The predicted octanol–water partition coefficient (Wildman–Crippen LogP) is 5.31. The molecule has 5 rings (SSSR count). The second kappa shape index (κ2) is 10.2. The molecule has 0 bridgehead atoms. The lowest BCUT2D eigenvalue weighted by atomic mass is 10.00. The van der Waals surface area contributed by atoms with E-state index in [0.717, 1.165) is 19.2 Å². The van der Waals surface area contributed by atoms with Gasteiger partial charge in [-0.15, -0.1) is 0 Å². The van der Waals surface area contributed by atoms with Gasteiger partial charge in [0.1, 0.15) is 0 Å². The summed E-state index contributed by atoms with van der Waals surface area (Å²) < 4.78 is 39.6. The second-order valence-corrected chi connectivity index (χ2v) is 9.74. The SMILES string of the molecule is O=C(c1ccccc1)N1CCN(C2CN(C(=O)c3ccc(-c4ccc(Cl)c(C(F)(F)F)c4)cc3)C2)CC1. The third kappa shape index (κ3) is 5.36. The third-order valence-corrected chi connectivity index (χ3v) is 7.35. The molecule has 9 heteroatoms. The number of benzene rings is 3. The molecule has 2 fully saturated rings. The largest absolute Gasteiger partial charge is 0.417 e. The van der Waals surface area contributed by atoms with Crippen LogP contribution in [0.4, 0.5) is 13.2 Å². The van der Waals surface area contributed by atoms with Crippen LogP contribution in [0.5, 0.6) is 0 Å². The third-order valence-electron chi connectivity index (χ3n) is 7.03. The first kappa shape index (κ1) is 25.3. The fraction of sp³-hybridized carbons (Fsp3) is 0.286. The van der Waals surface area contributed by atoms with Crippen LogP contribution in [0.3, 0.4) is 0 Å². The number of piperazine rings is 1. The van der Waals surface area contributed by atoms with E-state index in [1.165, 1.54) is 12.1 Å². The van der Waals surface area contributed by atoms with Crippen LogP contribution in [0, 0.1) is 0 Å². The van der Waals surface area contributed by atoms with E-state index in [1.54, 1.807) is 29.2 Å². The number of rotatable bonds is 4. The van der Waals surface area contributed by atoms with Crippen molar-refractivity contribution >= 4 is 23.4 Å². The van der Waals surface area contributed by atoms with E-state index >= 15 is 0 Å². The van der Waals surface area contributed by atoms with E-state index in [0.29, 0.717) is 48.4 Å². The molecule has 3 aromatic carbocycles. The molecule has 0 unspecified atom stereocenters. The Hall–Kier alpha value is -3.36. The average molecular weight is 528 g/mol. The number of hydrogen-bond acceptors (Lipinski definition) is 3. The summed E-state index contributed by atoms with van der Waals surface area (Å²) in [7, 11) is 0. The number of hydrogen-bond donors (Lipinski definition) is 0. The van der Waals surface area contributed by atoms with Gasteiger partial charge in [0, 0.05) is 56.4 Å². The molecule has 0 saturated carbocycles. The molecule has 0 atom stereocenters. The zero-order chi connectivity index (χ0) is 26.2. The summed E-state index contributed by atoms with van der Waals surface area (Å²) in [4.78, 5) is 31.5. The highest BCUT2D eigenvalue weighted by Gasteiger charge is 2.37. The van der Waals surface area contributed by atoms with E-state index < -0.39 is 11.7 Å². The molecule has 192 valence electrons. The molecule has 0 radical (unpaired) electrons. The van der Waals surface area contributed by atoms with Crippen LogP contribution in [-0.4, -0.2) is 71.8 Å². The Morgan fingerprint density at radius 2 is 1.30 bits per heavy atom. The highest BCUT2D eigenvalue weighted by molar-refractivity contribution is 6.31. The maximum Gasteiger partial charge on any atom is 0.417 e. The lowest BCUT2D eigenvalue weighted by molar-refractivity contribution is -0.137. The fourth-order valence-corrected chi connectivity index (χ4v) is 5.04. The zero-order valence-corrected chi connectivity index (χ0v) is 20.7. The second-order valence-electron chi connectivity index (χ2n) is 9.33. The zero-order valence-electron chi connectivity index (χ0n) is 19.9. The molecule has 2 aliphatic heterocycles. The number of nitrogens with zero attached hydrogens (tertiary/aromatic N) is 3. The molecule has 0 aliphatic carbocycles.